The van der Waals surface area contributed by atoms with Crippen LogP contribution < -0.4 is 5.32 Å². The van der Waals surface area contributed by atoms with Crippen LogP contribution in [0.3, 0.4) is 0 Å². The summed E-state index contributed by atoms with van der Waals surface area (Å²) in [4.78, 5) is 0. The number of nitrogens with one attached hydrogen (secondary N) is 1. The Bertz CT molecular complexity index is 180. The van der Waals surface area contributed by atoms with E-state index in [1.54, 1.807) is 0 Å². The van der Waals surface area contributed by atoms with E-state index in [4.69, 9.17) is 4.43 Å². The average molecular weight is 273 g/mol. The topological polar surface area (TPSA) is 21.3 Å². The van der Waals surface area contributed by atoms with Gasteiger partial charge in [0.15, 0.2) is 0 Å². The molecule has 0 bridgehead atoms. The molecule has 0 aromatic rings. The molecule has 0 fully saturated rings. The van der Waals surface area contributed by atoms with Crippen LogP contribution in [0, 0.1) is 0 Å². The van der Waals surface area contributed by atoms with E-state index in [0.29, 0.717) is 5.04 Å². The molecule has 0 atom stereocenters. The smallest absolute Gasteiger partial charge is 0.320 e. The van der Waals surface area contributed by atoms with Gasteiger partial charge in [0.1, 0.15) is 5.04 Å². The quantitative estimate of drug-likeness (QED) is 0.445. The van der Waals surface area contributed by atoms with Crippen molar-refractivity contribution in [1.82, 2.24) is 5.32 Å². The molecule has 0 rings (SSSR count). The minimum Gasteiger partial charge on any atom is -0.320 e. The highest BCUT2D eigenvalue weighted by atomic mass is 28.3. The van der Waals surface area contributed by atoms with Crippen LogP contribution in [0.15, 0.2) is 0 Å². The van der Waals surface area contributed by atoms with E-state index in [1.165, 1.54) is 51.5 Å². The zero-order valence-electron chi connectivity index (χ0n) is 13.3. The van der Waals surface area contributed by atoms with Gasteiger partial charge in [0.25, 0.3) is 0 Å². The fraction of sp³-hybridized carbons (Fsp3) is 1.00. The lowest BCUT2D eigenvalue weighted by molar-refractivity contribution is 0.293. The summed E-state index contributed by atoms with van der Waals surface area (Å²) in [7, 11) is 1.41. The summed E-state index contributed by atoms with van der Waals surface area (Å²) < 4.78 is 5.96. The molecule has 0 saturated heterocycles. The van der Waals surface area contributed by atoms with Gasteiger partial charge in [0.05, 0.1) is 13.2 Å². The molecule has 2 nitrogen and oxygen atoms in total. The van der Waals surface area contributed by atoms with Gasteiger partial charge in [-0.15, -0.1) is 0 Å². The molecule has 0 aromatic heterocycles. The Balaban J connectivity index is 3.17. The Kier molecular flexibility index (Phi) is 11.1. The number of hydrogen-bond donors (Lipinski definition) is 1. The molecule has 0 unspecified atom stereocenters. The third kappa shape index (κ3) is 11.2. The lowest BCUT2D eigenvalue weighted by atomic mass is 10.1. The number of unbranched alkanes of at least 4 members (excludes halogenated alkanes) is 6. The highest BCUT2D eigenvalue weighted by molar-refractivity contribution is 6.53. The molecular weight excluding hydrogens is 238 g/mol. The van der Waals surface area contributed by atoms with Crippen molar-refractivity contribution in [3.05, 3.63) is 0 Å². The van der Waals surface area contributed by atoms with Crippen LogP contribution in [0.25, 0.3) is 0 Å². The van der Waals surface area contributed by atoms with Crippen LogP contribution in [0.5, 0.6) is 0 Å². The van der Waals surface area contributed by atoms with Gasteiger partial charge < -0.3 is 5.32 Å². The molecule has 3 heteroatoms. The van der Waals surface area contributed by atoms with Crippen molar-refractivity contribution in [2.24, 2.45) is 0 Å². The molecule has 0 heterocycles. The fourth-order valence-corrected chi connectivity index (χ4v) is 2.61. The molecule has 0 spiro atoms. The van der Waals surface area contributed by atoms with Crippen molar-refractivity contribution in [1.29, 1.82) is 0 Å². The minimum absolute atomic E-state index is 0.373. The maximum atomic E-state index is 5.96. The molecule has 0 radical (unpaired) electrons. The largest absolute Gasteiger partial charge is 0.475 e. The molecule has 0 aromatic carbocycles. The zero-order chi connectivity index (χ0) is 13.9. The number of rotatable bonds is 11. The Morgan fingerprint density at radius 2 is 1.39 bits per heavy atom. The van der Waals surface area contributed by atoms with Gasteiger partial charge in [-0.05, 0) is 47.2 Å². The maximum Gasteiger partial charge on any atom is 0.475 e. The summed E-state index contributed by atoms with van der Waals surface area (Å²) in [5.41, 5.74) is 0. The van der Waals surface area contributed by atoms with Crippen molar-refractivity contribution < 1.29 is 4.43 Å². The second kappa shape index (κ2) is 11.0. The summed E-state index contributed by atoms with van der Waals surface area (Å²) >= 11 is 0. The Morgan fingerprint density at radius 3 is 1.89 bits per heavy atom. The summed E-state index contributed by atoms with van der Waals surface area (Å²) in [5, 5.41) is 3.57. The van der Waals surface area contributed by atoms with Crippen molar-refractivity contribution >= 4 is 9.04 Å². The van der Waals surface area contributed by atoms with Gasteiger partial charge in [-0.2, -0.15) is 0 Å². The first-order valence-electron chi connectivity index (χ1n) is 7.60. The third-order valence-corrected chi connectivity index (χ3v) is 6.20. The van der Waals surface area contributed by atoms with Gasteiger partial charge in [-0.1, -0.05) is 32.1 Å². The molecule has 0 aliphatic rings. The minimum atomic E-state index is -0.619. The van der Waals surface area contributed by atoms with Crippen LogP contribution in [0.4, 0.5) is 0 Å². The Morgan fingerprint density at radius 1 is 0.889 bits per heavy atom. The van der Waals surface area contributed by atoms with Crippen LogP contribution in [-0.2, 0) is 4.43 Å². The normalized spacial score (nSPS) is 11.8. The van der Waals surface area contributed by atoms with Crippen molar-refractivity contribution in [3.8, 4) is 0 Å². The standard InChI is InChI=1S/C15H34NOSi/c1-15(2,3)18(5)17-14-12-10-8-6-7-9-11-13-16-4/h16H,6-14H2,1-5H3/q+1. The Hall–Kier alpha value is 0.137. The van der Waals surface area contributed by atoms with E-state index >= 15 is 0 Å². The first-order valence-corrected chi connectivity index (χ1v) is 9.50. The fourth-order valence-electron chi connectivity index (χ4n) is 1.73. The van der Waals surface area contributed by atoms with Gasteiger partial charge in [0.2, 0.25) is 0 Å². The van der Waals surface area contributed by atoms with Crippen LogP contribution in [-0.4, -0.2) is 29.2 Å². The van der Waals surface area contributed by atoms with E-state index in [0.717, 1.165) is 6.61 Å². The van der Waals surface area contributed by atoms with E-state index in [1.807, 2.05) is 7.05 Å². The van der Waals surface area contributed by atoms with E-state index < -0.39 is 9.04 Å². The molecule has 0 aliphatic heterocycles. The van der Waals surface area contributed by atoms with Crippen LogP contribution in [0.1, 0.15) is 65.7 Å². The number of hydrogen-bond acceptors (Lipinski definition) is 2. The van der Waals surface area contributed by atoms with Crippen LogP contribution in [0.2, 0.25) is 11.6 Å². The zero-order valence-corrected chi connectivity index (χ0v) is 14.3. The second-order valence-corrected chi connectivity index (χ2v) is 9.13. The van der Waals surface area contributed by atoms with Crippen molar-refractivity contribution in [2.75, 3.05) is 20.2 Å². The van der Waals surface area contributed by atoms with Gasteiger partial charge in [0, 0.05) is 0 Å². The van der Waals surface area contributed by atoms with E-state index in [-0.39, 0.29) is 0 Å². The monoisotopic (exact) mass is 272 g/mol. The lowest BCUT2D eigenvalue weighted by Crippen LogP contribution is -2.26. The van der Waals surface area contributed by atoms with Gasteiger partial charge in [-0.25, -0.2) is 4.43 Å². The van der Waals surface area contributed by atoms with Crippen molar-refractivity contribution in [2.45, 2.75) is 77.3 Å². The third-order valence-electron chi connectivity index (χ3n) is 3.45. The molecule has 18 heavy (non-hydrogen) atoms. The lowest BCUT2D eigenvalue weighted by Gasteiger charge is -2.11. The molecular formula is C15H34NOSi+. The average Bonchev–Trinajstić information content (AvgIpc) is 2.30. The van der Waals surface area contributed by atoms with Crippen LogP contribution >= 0.6 is 0 Å². The van der Waals surface area contributed by atoms with Gasteiger partial charge >= 0.3 is 9.04 Å². The molecule has 108 valence electrons. The summed E-state index contributed by atoms with van der Waals surface area (Å²) in [6.45, 7) is 11.3. The van der Waals surface area contributed by atoms with E-state index in [2.05, 4.69) is 32.6 Å². The molecule has 1 N–H and O–H groups in total. The highest BCUT2D eigenvalue weighted by Gasteiger charge is 2.38. The van der Waals surface area contributed by atoms with E-state index in [9.17, 15) is 0 Å². The summed E-state index contributed by atoms with van der Waals surface area (Å²) in [6, 6.07) is 0. The first-order chi connectivity index (χ1) is 8.48. The van der Waals surface area contributed by atoms with Crippen molar-refractivity contribution in [3.63, 3.8) is 0 Å². The second-order valence-electron chi connectivity index (χ2n) is 6.23. The summed E-state index contributed by atoms with van der Waals surface area (Å²) in [6.07, 6.45) is 9.46. The predicted molar refractivity (Wildman–Crippen MR) is 83.5 cm³/mol. The highest BCUT2D eigenvalue weighted by Crippen LogP contribution is 2.27. The maximum absolute atomic E-state index is 5.96. The molecule has 0 saturated carbocycles. The summed E-state index contributed by atoms with van der Waals surface area (Å²) in [5.74, 6) is 0. The predicted octanol–water partition coefficient (Wildman–Crippen LogP) is 4.37. The first kappa shape index (κ1) is 18.1. The van der Waals surface area contributed by atoms with Gasteiger partial charge in [-0.3, -0.25) is 0 Å². The molecule has 0 amide bonds. The molecule has 0 aliphatic carbocycles. The SMILES string of the molecule is CNCCCCCCCCCO[Si+](C)C(C)(C)C. The Labute approximate surface area is 117 Å².